The van der Waals surface area contributed by atoms with Crippen molar-refractivity contribution in [2.24, 2.45) is 22.6 Å². The maximum absolute atomic E-state index is 5.82. The fraction of sp³-hybridized carbons (Fsp3) is 0.900. The molecule has 2 unspecified atom stereocenters. The number of aliphatic imine (C=N–C) groups is 1. The largest absolute Gasteiger partial charge is 0.370 e. The van der Waals surface area contributed by atoms with Gasteiger partial charge in [0.05, 0.1) is 0 Å². The Morgan fingerprint density at radius 2 is 2.15 bits per heavy atom. The summed E-state index contributed by atoms with van der Waals surface area (Å²) < 4.78 is 0. The molecule has 0 aliphatic heterocycles. The molecule has 0 bridgehead atoms. The van der Waals surface area contributed by atoms with Crippen molar-refractivity contribution in [3.63, 3.8) is 0 Å². The van der Waals surface area contributed by atoms with Gasteiger partial charge in [0.25, 0.3) is 0 Å². The van der Waals surface area contributed by atoms with Gasteiger partial charge in [-0.15, -0.1) is 0 Å². The fourth-order valence-electron chi connectivity index (χ4n) is 1.46. The Labute approximate surface area is 81.0 Å². The van der Waals surface area contributed by atoms with Gasteiger partial charge in [-0.25, -0.2) is 0 Å². The molecule has 0 heterocycles. The van der Waals surface area contributed by atoms with Crippen LogP contribution >= 0.6 is 0 Å². The van der Waals surface area contributed by atoms with E-state index >= 15 is 0 Å². The van der Waals surface area contributed by atoms with Gasteiger partial charge in [0.15, 0.2) is 5.96 Å². The van der Waals surface area contributed by atoms with Crippen molar-refractivity contribution in [1.29, 1.82) is 0 Å². The molecule has 0 spiro atoms. The number of hydrogen-bond donors (Lipinski definition) is 1. The summed E-state index contributed by atoms with van der Waals surface area (Å²) in [6.45, 7) is 7.43. The van der Waals surface area contributed by atoms with Crippen molar-refractivity contribution in [3.05, 3.63) is 0 Å². The molecule has 0 aromatic rings. The summed E-state index contributed by atoms with van der Waals surface area (Å²) in [6.07, 6.45) is 1.35. The highest BCUT2D eigenvalue weighted by molar-refractivity contribution is 5.77. The molecule has 0 saturated heterocycles. The molecule has 2 atom stereocenters. The van der Waals surface area contributed by atoms with Crippen molar-refractivity contribution < 1.29 is 0 Å². The van der Waals surface area contributed by atoms with Crippen molar-refractivity contribution in [2.45, 2.75) is 33.2 Å². The summed E-state index contributed by atoms with van der Waals surface area (Å²) >= 11 is 0. The monoisotopic (exact) mass is 183 g/mol. The first-order chi connectivity index (χ1) is 6.00. The van der Waals surface area contributed by atoms with Crippen LogP contribution in [0, 0.1) is 11.8 Å². The standard InChI is InChI=1S/C10H21N3/c1-7(2)12-10(11)13(4)6-9-5-8(9)3/h7-9H,5-6H2,1-4H3,(H2,11,12). The summed E-state index contributed by atoms with van der Waals surface area (Å²) in [7, 11) is 2.02. The first-order valence-electron chi connectivity index (χ1n) is 5.05. The van der Waals surface area contributed by atoms with Gasteiger partial charge in [0.1, 0.15) is 0 Å². The van der Waals surface area contributed by atoms with Gasteiger partial charge in [0, 0.05) is 19.6 Å². The van der Waals surface area contributed by atoms with Crippen LogP contribution in [0.1, 0.15) is 27.2 Å². The van der Waals surface area contributed by atoms with Gasteiger partial charge in [-0.3, -0.25) is 4.99 Å². The topological polar surface area (TPSA) is 41.6 Å². The minimum Gasteiger partial charge on any atom is -0.370 e. The summed E-state index contributed by atoms with van der Waals surface area (Å²) in [5.74, 6) is 2.40. The van der Waals surface area contributed by atoms with Crippen LogP contribution in [-0.2, 0) is 0 Å². The SMILES string of the molecule is CC(C)N=C(N)N(C)CC1CC1C. The third kappa shape index (κ3) is 3.25. The molecule has 1 fully saturated rings. The van der Waals surface area contributed by atoms with Crippen molar-refractivity contribution in [2.75, 3.05) is 13.6 Å². The predicted octanol–water partition coefficient (Wildman–Crippen LogP) is 1.30. The molecule has 0 radical (unpaired) electrons. The van der Waals surface area contributed by atoms with Gasteiger partial charge in [-0.1, -0.05) is 6.92 Å². The average Bonchev–Trinajstić information content (AvgIpc) is 2.64. The highest BCUT2D eigenvalue weighted by Crippen LogP contribution is 2.37. The van der Waals surface area contributed by atoms with E-state index in [1.165, 1.54) is 6.42 Å². The predicted molar refractivity (Wildman–Crippen MR) is 56.7 cm³/mol. The Bertz CT molecular complexity index is 198. The van der Waals surface area contributed by atoms with Crippen LogP contribution < -0.4 is 5.73 Å². The van der Waals surface area contributed by atoms with Gasteiger partial charge >= 0.3 is 0 Å². The number of nitrogens with two attached hydrogens (primary N) is 1. The molecule has 1 saturated carbocycles. The maximum Gasteiger partial charge on any atom is 0.191 e. The highest BCUT2D eigenvalue weighted by atomic mass is 15.2. The molecule has 3 heteroatoms. The van der Waals surface area contributed by atoms with E-state index in [1.54, 1.807) is 0 Å². The molecule has 13 heavy (non-hydrogen) atoms. The van der Waals surface area contributed by atoms with Gasteiger partial charge in [-0.2, -0.15) is 0 Å². The molecular formula is C10H21N3. The van der Waals surface area contributed by atoms with E-state index in [9.17, 15) is 0 Å². The maximum atomic E-state index is 5.82. The second-order valence-corrected chi connectivity index (χ2v) is 4.43. The third-order valence-electron chi connectivity index (χ3n) is 2.57. The lowest BCUT2D eigenvalue weighted by atomic mass is 10.3. The van der Waals surface area contributed by atoms with Crippen molar-refractivity contribution >= 4 is 5.96 Å². The van der Waals surface area contributed by atoms with E-state index in [2.05, 4.69) is 16.8 Å². The lowest BCUT2D eigenvalue weighted by Gasteiger charge is -2.18. The minimum atomic E-state index is 0.291. The highest BCUT2D eigenvalue weighted by Gasteiger charge is 2.33. The first-order valence-corrected chi connectivity index (χ1v) is 5.05. The van der Waals surface area contributed by atoms with Crippen molar-refractivity contribution in [3.8, 4) is 0 Å². The fourth-order valence-corrected chi connectivity index (χ4v) is 1.46. The zero-order valence-electron chi connectivity index (χ0n) is 9.12. The Morgan fingerprint density at radius 1 is 1.62 bits per heavy atom. The molecule has 0 aromatic heterocycles. The Balaban J connectivity index is 2.33. The zero-order chi connectivity index (χ0) is 10.0. The van der Waals surface area contributed by atoms with Crippen molar-refractivity contribution in [1.82, 2.24) is 4.90 Å². The lowest BCUT2D eigenvalue weighted by Crippen LogP contribution is -2.36. The smallest absolute Gasteiger partial charge is 0.191 e. The van der Waals surface area contributed by atoms with Crippen LogP contribution in [-0.4, -0.2) is 30.5 Å². The van der Waals surface area contributed by atoms with Gasteiger partial charge in [0.2, 0.25) is 0 Å². The number of hydrogen-bond acceptors (Lipinski definition) is 1. The molecule has 1 aliphatic rings. The lowest BCUT2D eigenvalue weighted by molar-refractivity contribution is 0.454. The number of rotatable bonds is 3. The van der Waals surface area contributed by atoms with Crippen LogP contribution in [0.2, 0.25) is 0 Å². The van der Waals surface area contributed by atoms with E-state index < -0.39 is 0 Å². The summed E-state index contributed by atoms with van der Waals surface area (Å²) in [4.78, 5) is 6.37. The quantitative estimate of drug-likeness (QED) is 0.529. The average molecular weight is 183 g/mol. The van der Waals surface area contributed by atoms with Crippen LogP contribution in [0.5, 0.6) is 0 Å². The second kappa shape index (κ2) is 3.99. The Hall–Kier alpha value is -0.730. The van der Waals surface area contributed by atoms with Crippen LogP contribution in [0.3, 0.4) is 0 Å². The van der Waals surface area contributed by atoms with E-state index in [0.29, 0.717) is 12.0 Å². The molecule has 0 amide bonds. The Kier molecular flexibility index (Phi) is 3.17. The van der Waals surface area contributed by atoms with E-state index in [0.717, 1.165) is 18.4 Å². The first kappa shape index (κ1) is 10.4. The molecule has 3 nitrogen and oxygen atoms in total. The number of guanidine groups is 1. The molecule has 1 rings (SSSR count). The molecule has 0 aromatic carbocycles. The Morgan fingerprint density at radius 3 is 2.54 bits per heavy atom. The zero-order valence-corrected chi connectivity index (χ0v) is 9.12. The molecule has 2 N–H and O–H groups in total. The van der Waals surface area contributed by atoms with Gasteiger partial charge < -0.3 is 10.6 Å². The van der Waals surface area contributed by atoms with Crippen LogP contribution in [0.15, 0.2) is 4.99 Å². The molecule has 76 valence electrons. The second-order valence-electron chi connectivity index (χ2n) is 4.43. The van der Waals surface area contributed by atoms with E-state index in [-0.39, 0.29) is 0 Å². The van der Waals surface area contributed by atoms with E-state index in [1.807, 2.05) is 20.9 Å². The molecule has 1 aliphatic carbocycles. The minimum absolute atomic E-state index is 0.291. The van der Waals surface area contributed by atoms with Crippen LogP contribution in [0.4, 0.5) is 0 Å². The normalized spacial score (nSPS) is 27.9. The molecular weight excluding hydrogens is 162 g/mol. The summed E-state index contributed by atoms with van der Waals surface area (Å²) in [6, 6.07) is 0.291. The van der Waals surface area contributed by atoms with E-state index in [4.69, 9.17) is 5.73 Å². The number of nitrogens with zero attached hydrogens (tertiary/aromatic N) is 2. The summed E-state index contributed by atoms with van der Waals surface area (Å²) in [5, 5.41) is 0. The van der Waals surface area contributed by atoms with Crippen LogP contribution in [0.25, 0.3) is 0 Å². The summed E-state index contributed by atoms with van der Waals surface area (Å²) in [5.41, 5.74) is 5.82. The third-order valence-corrected chi connectivity index (χ3v) is 2.57. The van der Waals surface area contributed by atoms with Gasteiger partial charge in [-0.05, 0) is 32.1 Å².